The van der Waals surface area contributed by atoms with Gasteiger partial charge < -0.3 is 5.32 Å². The second kappa shape index (κ2) is 6.04. The molecule has 3 unspecified atom stereocenters. The van der Waals surface area contributed by atoms with Crippen molar-refractivity contribution in [3.63, 3.8) is 0 Å². The Morgan fingerprint density at radius 3 is 2.71 bits per heavy atom. The average molecular weight is 235 g/mol. The predicted molar refractivity (Wildman–Crippen MR) is 75.0 cm³/mol. The van der Waals surface area contributed by atoms with Gasteiger partial charge in [0.05, 0.1) is 0 Å². The molecule has 0 aliphatic heterocycles. The molecule has 2 fully saturated rings. The van der Waals surface area contributed by atoms with Crippen molar-refractivity contribution in [1.82, 2.24) is 5.32 Å². The third-order valence-corrected chi connectivity index (χ3v) is 4.66. The molecule has 0 aromatic carbocycles. The molecule has 0 saturated heterocycles. The number of rotatable bonds is 6. The Labute approximate surface area is 107 Å². The van der Waals surface area contributed by atoms with Gasteiger partial charge in [0.15, 0.2) is 0 Å². The highest BCUT2D eigenvalue weighted by molar-refractivity contribution is 5.10. The molecule has 0 aromatic heterocycles. The lowest BCUT2D eigenvalue weighted by molar-refractivity contribution is 0.377. The summed E-state index contributed by atoms with van der Waals surface area (Å²) in [5, 5.41) is 3.52. The van der Waals surface area contributed by atoms with Crippen LogP contribution in [0.1, 0.15) is 52.9 Å². The molecule has 2 rings (SSSR count). The summed E-state index contributed by atoms with van der Waals surface area (Å²) in [6, 6.07) is 0. The van der Waals surface area contributed by atoms with E-state index in [-0.39, 0.29) is 0 Å². The van der Waals surface area contributed by atoms with Crippen LogP contribution in [0, 0.1) is 23.7 Å². The van der Waals surface area contributed by atoms with Crippen molar-refractivity contribution in [1.29, 1.82) is 0 Å². The zero-order valence-electron chi connectivity index (χ0n) is 11.8. The zero-order chi connectivity index (χ0) is 12.3. The van der Waals surface area contributed by atoms with Crippen LogP contribution in [0.15, 0.2) is 11.6 Å². The molecule has 17 heavy (non-hydrogen) atoms. The number of fused-ring (bicyclic) bond motifs is 2. The lowest BCUT2D eigenvalue weighted by Crippen LogP contribution is -2.20. The topological polar surface area (TPSA) is 12.0 Å². The molecule has 2 aliphatic carbocycles. The molecule has 0 radical (unpaired) electrons. The van der Waals surface area contributed by atoms with Gasteiger partial charge in [-0.1, -0.05) is 31.9 Å². The van der Waals surface area contributed by atoms with Crippen LogP contribution < -0.4 is 5.32 Å². The van der Waals surface area contributed by atoms with Gasteiger partial charge in [0, 0.05) is 0 Å². The highest BCUT2D eigenvalue weighted by Crippen LogP contribution is 2.50. The molecule has 98 valence electrons. The highest BCUT2D eigenvalue weighted by atomic mass is 14.8. The molecular weight excluding hydrogens is 206 g/mol. The van der Waals surface area contributed by atoms with Crippen LogP contribution in [0.5, 0.6) is 0 Å². The van der Waals surface area contributed by atoms with Gasteiger partial charge in [0.2, 0.25) is 0 Å². The van der Waals surface area contributed by atoms with E-state index >= 15 is 0 Å². The van der Waals surface area contributed by atoms with Crippen molar-refractivity contribution >= 4 is 0 Å². The largest absolute Gasteiger partial charge is 0.316 e. The van der Waals surface area contributed by atoms with Crippen LogP contribution in [-0.2, 0) is 0 Å². The smallest absolute Gasteiger partial charge is 0.00141 e. The molecule has 3 atom stereocenters. The number of hydrogen-bond donors (Lipinski definition) is 1. The molecule has 2 saturated carbocycles. The normalized spacial score (nSPS) is 32.7. The van der Waals surface area contributed by atoms with Crippen LogP contribution in [0.3, 0.4) is 0 Å². The van der Waals surface area contributed by atoms with Gasteiger partial charge in [-0.2, -0.15) is 0 Å². The first-order chi connectivity index (χ1) is 8.16. The summed E-state index contributed by atoms with van der Waals surface area (Å²) in [4.78, 5) is 0. The minimum absolute atomic E-state index is 0.769. The summed E-state index contributed by atoms with van der Waals surface area (Å²) in [5.74, 6) is 3.83. The maximum Gasteiger partial charge on any atom is -0.00141 e. The minimum Gasteiger partial charge on any atom is -0.316 e. The number of allylic oxidation sites excluding steroid dienone is 1. The van der Waals surface area contributed by atoms with Crippen molar-refractivity contribution in [3.8, 4) is 0 Å². The van der Waals surface area contributed by atoms with E-state index in [1.807, 2.05) is 0 Å². The Bertz CT molecular complexity index is 267. The van der Waals surface area contributed by atoms with Gasteiger partial charge in [0.25, 0.3) is 0 Å². The summed E-state index contributed by atoms with van der Waals surface area (Å²) < 4.78 is 0. The molecule has 0 aromatic rings. The molecule has 1 N–H and O–H groups in total. The van der Waals surface area contributed by atoms with Crippen molar-refractivity contribution in [2.45, 2.75) is 52.9 Å². The summed E-state index contributed by atoms with van der Waals surface area (Å²) >= 11 is 0. The lowest BCUT2D eigenvalue weighted by Gasteiger charge is -2.22. The van der Waals surface area contributed by atoms with E-state index in [4.69, 9.17) is 0 Å². The SMILES string of the molecule is C/C(=C/CCNCC(C)C)C1CC2CCC1C2. The van der Waals surface area contributed by atoms with Gasteiger partial charge in [-0.25, -0.2) is 0 Å². The fraction of sp³-hybridized carbons (Fsp3) is 0.875. The second-order valence-electron chi connectivity index (χ2n) is 6.62. The first kappa shape index (κ1) is 13.1. The summed E-state index contributed by atoms with van der Waals surface area (Å²) in [6.07, 6.45) is 9.76. The Hall–Kier alpha value is -0.300. The zero-order valence-corrected chi connectivity index (χ0v) is 11.8. The third-order valence-electron chi connectivity index (χ3n) is 4.66. The van der Waals surface area contributed by atoms with Gasteiger partial charge >= 0.3 is 0 Å². The molecular formula is C16H29N. The fourth-order valence-electron chi connectivity index (χ4n) is 3.75. The first-order valence-electron chi connectivity index (χ1n) is 7.54. The second-order valence-corrected chi connectivity index (χ2v) is 6.62. The maximum absolute atomic E-state index is 3.52. The first-order valence-corrected chi connectivity index (χ1v) is 7.54. The molecule has 0 amide bonds. The van der Waals surface area contributed by atoms with Crippen molar-refractivity contribution in [3.05, 3.63) is 11.6 Å². The van der Waals surface area contributed by atoms with Gasteiger partial charge in [-0.3, -0.25) is 0 Å². The van der Waals surface area contributed by atoms with E-state index in [2.05, 4.69) is 32.2 Å². The molecule has 1 heteroatoms. The van der Waals surface area contributed by atoms with Gasteiger partial charge in [0.1, 0.15) is 0 Å². The maximum atomic E-state index is 3.52. The Balaban J connectivity index is 1.67. The van der Waals surface area contributed by atoms with E-state index < -0.39 is 0 Å². The van der Waals surface area contributed by atoms with Crippen LogP contribution in [0.4, 0.5) is 0 Å². The number of nitrogens with one attached hydrogen (secondary N) is 1. The van der Waals surface area contributed by atoms with Crippen molar-refractivity contribution in [2.75, 3.05) is 13.1 Å². The van der Waals surface area contributed by atoms with E-state index in [0.717, 1.165) is 36.8 Å². The van der Waals surface area contributed by atoms with Gasteiger partial charge in [-0.05, 0) is 69.4 Å². The molecule has 2 aliphatic rings. The lowest BCUT2D eigenvalue weighted by atomic mass is 9.83. The van der Waals surface area contributed by atoms with Crippen LogP contribution in [0.2, 0.25) is 0 Å². The third kappa shape index (κ3) is 3.58. The standard InChI is InChI=1S/C16H29N/c1-12(2)11-17-8-4-5-13(3)16-10-14-6-7-15(16)9-14/h5,12,14-17H,4,6-11H2,1-3H3/b13-5-. The average Bonchev–Trinajstić information content (AvgIpc) is 2.89. The van der Waals surface area contributed by atoms with Gasteiger partial charge in [-0.15, -0.1) is 0 Å². The summed E-state index contributed by atoms with van der Waals surface area (Å²) in [5.41, 5.74) is 1.68. The summed E-state index contributed by atoms with van der Waals surface area (Å²) in [7, 11) is 0. The highest BCUT2D eigenvalue weighted by Gasteiger charge is 2.39. The van der Waals surface area contributed by atoms with Crippen LogP contribution in [-0.4, -0.2) is 13.1 Å². The van der Waals surface area contributed by atoms with Crippen molar-refractivity contribution in [2.24, 2.45) is 23.7 Å². The van der Waals surface area contributed by atoms with Crippen LogP contribution in [0.25, 0.3) is 0 Å². The molecule has 0 heterocycles. The molecule has 1 nitrogen and oxygen atoms in total. The van der Waals surface area contributed by atoms with E-state index in [1.165, 1.54) is 32.1 Å². The van der Waals surface area contributed by atoms with E-state index in [0.29, 0.717) is 0 Å². The predicted octanol–water partition coefficient (Wildman–Crippen LogP) is 4.00. The van der Waals surface area contributed by atoms with Crippen LogP contribution >= 0.6 is 0 Å². The minimum atomic E-state index is 0.769. The Morgan fingerprint density at radius 1 is 1.29 bits per heavy atom. The van der Waals surface area contributed by atoms with E-state index in [9.17, 15) is 0 Å². The fourth-order valence-corrected chi connectivity index (χ4v) is 3.75. The van der Waals surface area contributed by atoms with E-state index in [1.54, 1.807) is 5.57 Å². The Kier molecular flexibility index (Phi) is 4.67. The van der Waals surface area contributed by atoms with Crippen molar-refractivity contribution < 1.29 is 0 Å². The monoisotopic (exact) mass is 235 g/mol. The molecule has 0 spiro atoms. The quantitative estimate of drug-likeness (QED) is 0.542. The number of hydrogen-bond acceptors (Lipinski definition) is 1. The molecule has 2 bridgehead atoms. The summed E-state index contributed by atoms with van der Waals surface area (Å²) in [6.45, 7) is 9.21. The Morgan fingerprint density at radius 2 is 2.12 bits per heavy atom.